The van der Waals surface area contributed by atoms with Crippen molar-refractivity contribution in [2.45, 2.75) is 5.75 Å². The van der Waals surface area contributed by atoms with E-state index in [9.17, 15) is 8.42 Å². The topological polar surface area (TPSA) is 111 Å². The van der Waals surface area contributed by atoms with E-state index in [2.05, 4.69) is 20.2 Å². The lowest BCUT2D eigenvalue weighted by Crippen LogP contribution is -2.15. The number of benzene rings is 4. The Kier molecular flexibility index (Phi) is 6.29. The maximum atomic E-state index is 12.6. The summed E-state index contributed by atoms with van der Waals surface area (Å²) in [7, 11) is -1.93. The van der Waals surface area contributed by atoms with Crippen LogP contribution in [-0.4, -0.2) is 35.3 Å². The molecular weight excluding hydrogens is 512 g/mol. The minimum Gasteiger partial charge on any atom is -0.497 e. The fourth-order valence-corrected chi connectivity index (χ4v) is 5.56. The SMILES string of the molecule is COc1ccc(-c2nnc3c4ccccc4c(Nc4ccc(NS(=O)(=O)Cc5ccccc5)cc4)nn23)cc1. The van der Waals surface area contributed by atoms with Gasteiger partial charge in [-0.25, -0.2) is 8.42 Å². The van der Waals surface area contributed by atoms with E-state index in [-0.39, 0.29) is 5.75 Å². The van der Waals surface area contributed by atoms with Crippen molar-refractivity contribution in [2.75, 3.05) is 17.1 Å². The molecule has 4 aromatic carbocycles. The van der Waals surface area contributed by atoms with Crippen LogP contribution in [0.5, 0.6) is 5.75 Å². The van der Waals surface area contributed by atoms with Crippen molar-refractivity contribution in [3.63, 3.8) is 0 Å². The smallest absolute Gasteiger partial charge is 0.236 e. The van der Waals surface area contributed by atoms with Gasteiger partial charge in [0.25, 0.3) is 0 Å². The van der Waals surface area contributed by atoms with Gasteiger partial charge in [-0.15, -0.1) is 15.3 Å². The van der Waals surface area contributed by atoms with Crippen molar-refractivity contribution in [3.05, 3.63) is 109 Å². The summed E-state index contributed by atoms with van der Waals surface area (Å²) in [4.78, 5) is 0. The summed E-state index contributed by atoms with van der Waals surface area (Å²) >= 11 is 0. The first kappa shape index (κ1) is 24.4. The Morgan fingerprint density at radius 3 is 2.15 bits per heavy atom. The van der Waals surface area contributed by atoms with Gasteiger partial charge in [-0.3, -0.25) is 4.72 Å². The van der Waals surface area contributed by atoms with Crippen LogP contribution in [0.1, 0.15) is 5.56 Å². The van der Waals surface area contributed by atoms with Crippen LogP contribution in [0, 0.1) is 0 Å². The highest BCUT2D eigenvalue weighted by atomic mass is 32.2. The standard InChI is InChI=1S/C29H24N6O3S/c1-38-24-17-11-21(12-18-24)28-31-32-29-26-10-6-5-9-25(26)27(33-35(28)29)30-22-13-15-23(16-14-22)34-39(36,37)19-20-7-3-2-4-8-20/h2-18,34H,19H2,1H3,(H,30,33). The molecule has 0 amide bonds. The minimum atomic E-state index is -3.55. The molecule has 0 saturated carbocycles. The lowest BCUT2D eigenvalue weighted by Gasteiger charge is -2.12. The number of aromatic nitrogens is 4. The Labute approximate surface area is 225 Å². The molecule has 0 radical (unpaired) electrons. The average Bonchev–Trinajstić information content (AvgIpc) is 3.38. The van der Waals surface area contributed by atoms with Crippen molar-refractivity contribution in [1.29, 1.82) is 0 Å². The highest BCUT2D eigenvalue weighted by Crippen LogP contribution is 2.30. The van der Waals surface area contributed by atoms with Gasteiger partial charge in [0.05, 0.1) is 12.9 Å². The average molecular weight is 537 g/mol. The maximum absolute atomic E-state index is 12.6. The second kappa shape index (κ2) is 10.1. The zero-order valence-corrected chi connectivity index (χ0v) is 21.8. The fourth-order valence-electron chi connectivity index (χ4n) is 4.36. The summed E-state index contributed by atoms with van der Waals surface area (Å²) in [6.45, 7) is 0. The summed E-state index contributed by atoms with van der Waals surface area (Å²) in [6, 6.07) is 31.5. The van der Waals surface area contributed by atoms with Gasteiger partial charge in [0.2, 0.25) is 10.0 Å². The van der Waals surface area contributed by atoms with Crippen LogP contribution in [0.25, 0.3) is 27.8 Å². The summed E-state index contributed by atoms with van der Waals surface area (Å²) in [6.07, 6.45) is 0. The summed E-state index contributed by atoms with van der Waals surface area (Å²) in [5.74, 6) is 1.87. The van der Waals surface area contributed by atoms with E-state index in [0.29, 0.717) is 23.0 Å². The van der Waals surface area contributed by atoms with E-state index in [1.165, 1.54) is 0 Å². The summed E-state index contributed by atoms with van der Waals surface area (Å²) in [5.41, 5.74) is 3.44. The molecule has 0 aliphatic rings. The predicted molar refractivity (Wildman–Crippen MR) is 153 cm³/mol. The van der Waals surface area contributed by atoms with Crippen molar-refractivity contribution < 1.29 is 13.2 Å². The zero-order valence-electron chi connectivity index (χ0n) is 20.9. The number of sulfonamides is 1. The van der Waals surface area contributed by atoms with Gasteiger partial charge in [0, 0.05) is 27.7 Å². The van der Waals surface area contributed by atoms with E-state index in [1.807, 2.05) is 66.7 Å². The molecular formula is C29H24N6O3S. The van der Waals surface area contributed by atoms with Crippen LogP contribution in [-0.2, 0) is 15.8 Å². The second-order valence-electron chi connectivity index (χ2n) is 8.93. The first-order valence-corrected chi connectivity index (χ1v) is 13.8. The monoisotopic (exact) mass is 536 g/mol. The van der Waals surface area contributed by atoms with Crippen LogP contribution in [0.15, 0.2) is 103 Å². The molecule has 6 aromatic rings. The van der Waals surface area contributed by atoms with Gasteiger partial charge >= 0.3 is 0 Å². The van der Waals surface area contributed by atoms with Crippen LogP contribution >= 0.6 is 0 Å². The molecule has 0 bridgehead atoms. The van der Waals surface area contributed by atoms with Gasteiger partial charge in [0.1, 0.15) is 5.75 Å². The Hall–Kier alpha value is -4.96. The molecule has 0 atom stereocenters. The number of ether oxygens (including phenoxy) is 1. The molecule has 2 N–H and O–H groups in total. The Morgan fingerprint density at radius 2 is 1.44 bits per heavy atom. The van der Waals surface area contributed by atoms with E-state index in [4.69, 9.17) is 9.84 Å². The lowest BCUT2D eigenvalue weighted by atomic mass is 10.1. The molecule has 10 heteroatoms. The molecule has 6 rings (SSSR count). The minimum absolute atomic E-state index is 0.0980. The second-order valence-corrected chi connectivity index (χ2v) is 10.7. The van der Waals surface area contributed by atoms with Crippen LogP contribution < -0.4 is 14.8 Å². The van der Waals surface area contributed by atoms with Gasteiger partial charge in [0.15, 0.2) is 17.3 Å². The van der Waals surface area contributed by atoms with E-state index < -0.39 is 10.0 Å². The Morgan fingerprint density at radius 1 is 0.769 bits per heavy atom. The fraction of sp³-hybridized carbons (Fsp3) is 0.0690. The summed E-state index contributed by atoms with van der Waals surface area (Å²) < 4.78 is 34.9. The van der Waals surface area contributed by atoms with Gasteiger partial charge < -0.3 is 10.1 Å². The number of anilines is 3. The van der Waals surface area contributed by atoms with Crippen molar-refractivity contribution in [3.8, 4) is 17.1 Å². The maximum Gasteiger partial charge on any atom is 0.236 e. The number of fused-ring (bicyclic) bond motifs is 3. The highest BCUT2D eigenvalue weighted by Gasteiger charge is 2.16. The molecule has 0 fully saturated rings. The van der Waals surface area contributed by atoms with Crippen LogP contribution in [0.4, 0.5) is 17.2 Å². The molecule has 39 heavy (non-hydrogen) atoms. The normalized spacial score (nSPS) is 11.5. The number of methoxy groups -OCH3 is 1. The van der Waals surface area contributed by atoms with Crippen molar-refractivity contribution in [1.82, 2.24) is 19.8 Å². The number of hydrogen-bond acceptors (Lipinski definition) is 7. The molecule has 2 aromatic heterocycles. The quantitative estimate of drug-likeness (QED) is 0.259. The van der Waals surface area contributed by atoms with Crippen LogP contribution in [0.3, 0.4) is 0 Å². The molecule has 0 saturated heterocycles. The summed E-state index contributed by atoms with van der Waals surface area (Å²) in [5, 5.41) is 18.8. The zero-order chi connectivity index (χ0) is 26.8. The molecule has 2 heterocycles. The number of nitrogens with one attached hydrogen (secondary N) is 2. The number of nitrogens with zero attached hydrogens (tertiary/aromatic N) is 4. The molecule has 0 unspecified atom stereocenters. The van der Waals surface area contributed by atoms with E-state index in [0.717, 1.165) is 33.3 Å². The van der Waals surface area contributed by atoms with E-state index >= 15 is 0 Å². The molecule has 0 aliphatic heterocycles. The van der Waals surface area contributed by atoms with Crippen LogP contribution in [0.2, 0.25) is 0 Å². The van der Waals surface area contributed by atoms with Gasteiger partial charge in [-0.2, -0.15) is 4.52 Å². The molecule has 9 nitrogen and oxygen atoms in total. The lowest BCUT2D eigenvalue weighted by molar-refractivity contribution is 0.415. The largest absolute Gasteiger partial charge is 0.497 e. The third kappa shape index (κ3) is 5.10. The first-order valence-electron chi connectivity index (χ1n) is 12.2. The van der Waals surface area contributed by atoms with Crippen molar-refractivity contribution >= 4 is 43.6 Å². The third-order valence-corrected chi connectivity index (χ3v) is 7.49. The van der Waals surface area contributed by atoms with E-state index in [1.54, 1.807) is 48.0 Å². The molecule has 194 valence electrons. The molecule has 0 spiro atoms. The Balaban J connectivity index is 1.30. The van der Waals surface area contributed by atoms with Gasteiger partial charge in [-0.1, -0.05) is 54.6 Å². The highest BCUT2D eigenvalue weighted by molar-refractivity contribution is 7.91. The predicted octanol–water partition coefficient (Wildman–Crippen LogP) is 5.64. The van der Waals surface area contributed by atoms with Crippen molar-refractivity contribution in [2.24, 2.45) is 0 Å². The number of hydrogen-bond donors (Lipinski definition) is 2. The third-order valence-electron chi connectivity index (χ3n) is 6.23. The molecule has 0 aliphatic carbocycles. The number of rotatable bonds is 8. The Bertz CT molecular complexity index is 1870. The first-order chi connectivity index (χ1) is 19.0. The van der Waals surface area contributed by atoms with Gasteiger partial charge in [-0.05, 0) is 54.1 Å².